The molecule has 2 aromatic carbocycles. The number of aromatic nitrogens is 1. The maximum atomic E-state index is 13.4. The largest absolute Gasteiger partial charge is 0.390 e. The first kappa shape index (κ1) is 22.7. The van der Waals surface area contributed by atoms with Crippen LogP contribution in [0.2, 0.25) is 0 Å². The summed E-state index contributed by atoms with van der Waals surface area (Å²) in [5, 5.41) is 29.6. The van der Waals surface area contributed by atoms with Crippen LogP contribution in [0.15, 0.2) is 57.8 Å². The molecule has 31 heavy (non-hydrogen) atoms. The van der Waals surface area contributed by atoms with E-state index in [1.807, 2.05) is 0 Å². The van der Waals surface area contributed by atoms with Crippen molar-refractivity contribution in [1.29, 1.82) is 0 Å². The minimum atomic E-state index is -1.90. The molecule has 3 N–H and O–H groups in total. The van der Waals surface area contributed by atoms with Crippen LogP contribution < -0.4 is 10.9 Å². The van der Waals surface area contributed by atoms with Gasteiger partial charge in [-0.3, -0.25) is 4.79 Å². The summed E-state index contributed by atoms with van der Waals surface area (Å²) in [6.45, 7) is 8.61. The van der Waals surface area contributed by atoms with Crippen LogP contribution in [0.4, 0.5) is 5.69 Å². The van der Waals surface area contributed by atoms with Gasteiger partial charge >= 0.3 is 5.63 Å². The molecule has 0 saturated carbocycles. The summed E-state index contributed by atoms with van der Waals surface area (Å²) in [7, 11) is 0. The van der Waals surface area contributed by atoms with Crippen LogP contribution in [0, 0.1) is 12.3 Å². The molecule has 0 radical (unpaired) electrons. The van der Waals surface area contributed by atoms with Crippen LogP contribution in [-0.2, 0) is 10.4 Å². The average Bonchev–Trinajstić information content (AvgIpc) is 2.70. The van der Waals surface area contributed by atoms with E-state index in [0.717, 1.165) is 0 Å². The molecule has 1 heterocycles. The molecule has 1 atom stereocenters. The molecule has 7 heteroatoms. The molecule has 3 aromatic rings. The van der Waals surface area contributed by atoms with Crippen LogP contribution in [0.3, 0.4) is 0 Å². The van der Waals surface area contributed by atoms with Crippen molar-refractivity contribution in [3.8, 4) is 0 Å². The molecule has 1 aromatic heterocycles. The number of hydrogen-bond donors (Lipinski definition) is 3. The van der Waals surface area contributed by atoms with Gasteiger partial charge in [0.25, 0.3) is 5.91 Å². The smallest absolute Gasteiger partial charge is 0.366 e. The van der Waals surface area contributed by atoms with Gasteiger partial charge in [0.1, 0.15) is 0 Å². The van der Waals surface area contributed by atoms with E-state index in [1.54, 1.807) is 83.1 Å². The van der Waals surface area contributed by atoms with E-state index in [0.29, 0.717) is 27.7 Å². The lowest BCUT2D eigenvalue weighted by Crippen LogP contribution is -2.49. The lowest BCUT2D eigenvalue weighted by Gasteiger charge is -2.42. The molecule has 7 nitrogen and oxygen atoms in total. The zero-order valence-electron chi connectivity index (χ0n) is 18.4. The highest BCUT2D eigenvalue weighted by molar-refractivity contribution is 5.99. The van der Waals surface area contributed by atoms with E-state index < -0.39 is 28.1 Å². The highest BCUT2D eigenvalue weighted by Crippen LogP contribution is 2.42. The van der Waals surface area contributed by atoms with Gasteiger partial charge in [0.2, 0.25) is 0 Å². The number of benzene rings is 2. The van der Waals surface area contributed by atoms with Crippen LogP contribution in [-0.4, -0.2) is 26.9 Å². The summed E-state index contributed by atoms with van der Waals surface area (Å²) in [6, 6.07) is 13.4. The van der Waals surface area contributed by atoms with Gasteiger partial charge in [-0.15, -0.1) is 0 Å². The van der Waals surface area contributed by atoms with Crippen LogP contribution >= 0.6 is 0 Å². The Labute approximate surface area is 180 Å². The number of fused-ring (bicyclic) bond motifs is 1. The molecule has 0 fully saturated rings. The number of anilines is 1. The molecule has 0 bridgehead atoms. The minimum absolute atomic E-state index is 0.0168. The van der Waals surface area contributed by atoms with Gasteiger partial charge < -0.3 is 20.1 Å². The van der Waals surface area contributed by atoms with Gasteiger partial charge in [-0.1, -0.05) is 49.3 Å². The number of rotatable bonds is 6. The predicted octanol–water partition coefficient (Wildman–Crippen LogP) is 3.51. The second-order valence-corrected chi connectivity index (χ2v) is 9.12. The third-order valence-corrected chi connectivity index (χ3v) is 6.13. The number of carbonyl (C=O) groups excluding carboxylic acids is 1. The summed E-state index contributed by atoms with van der Waals surface area (Å²) in [5.74, 6) is -0.635. The fraction of sp³-hybridized carbons (Fsp3) is 0.375. The molecule has 1 unspecified atom stereocenters. The number of hydrogen-bond acceptors (Lipinski definition) is 6. The maximum Gasteiger partial charge on any atom is 0.366 e. The number of aryl methyl sites for hydroxylation is 1. The molecule has 0 spiro atoms. The molecule has 3 rings (SSSR count). The first-order valence-electron chi connectivity index (χ1n) is 10.1. The van der Waals surface area contributed by atoms with Crippen molar-refractivity contribution in [3.63, 3.8) is 0 Å². The summed E-state index contributed by atoms with van der Waals surface area (Å²) < 4.78 is 4.73. The average molecular weight is 424 g/mol. The lowest BCUT2D eigenvalue weighted by molar-refractivity contribution is -0.145. The number of amides is 1. The van der Waals surface area contributed by atoms with Crippen molar-refractivity contribution in [2.45, 2.75) is 52.2 Å². The summed E-state index contributed by atoms with van der Waals surface area (Å²) in [4.78, 5) is 25.3. The molecule has 164 valence electrons. The van der Waals surface area contributed by atoms with E-state index in [-0.39, 0.29) is 6.42 Å². The Morgan fingerprint density at radius 2 is 1.68 bits per heavy atom. The fourth-order valence-corrected chi connectivity index (χ4v) is 3.43. The lowest BCUT2D eigenvalue weighted by atomic mass is 9.68. The van der Waals surface area contributed by atoms with Gasteiger partial charge in [-0.05, 0) is 56.4 Å². The summed E-state index contributed by atoms with van der Waals surface area (Å²) in [5.41, 5.74) is -3.07. The van der Waals surface area contributed by atoms with Crippen molar-refractivity contribution in [2.75, 3.05) is 5.32 Å². The number of nitrogens with one attached hydrogen (secondary N) is 1. The van der Waals surface area contributed by atoms with E-state index in [1.165, 1.54) is 0 Å². The number of carbonyl (C=O) groups is 1. The van der Waals surface area contributed by atoms with E-state index in [2.05, 4.69) is 10.5 Å². The topological polar surface area (TPSA) is 113 Å². The van der Waals surface area contributed by atoms with Gasteiger partial charge in [0.15, 0.2) is 5.60 Å². The van der Waals surface area contributed by atoms with Crippen LogP contribution in [0.25, 0.3) is 10.8 Å². The van der Waals surface area contributed by atoms with Gasteiger partial charge in [0.05, 0.1) is 16.7 Å². The van der Waals surface area contributed by atoms with Crippen LogP contribution in [0.1, 0.15) is 45.4 Å². The molecule has 0 aliphatic rings. The van der Waals surface area contributed by atoms with Crippen molar-refractivity contribution < 1.29 is 19.5 Å². The quantitative estimate of drug-likeness (QED) is 0.558. The molecular formula is C24H28N2O5. The van der Waals surface area contributed by atoms with Crippen molar-refractivity contribution in [3.05, 3.63) is 70.2 Å². The predicted molar refractivity (Wildman–Crippen MR) is 119 cm³/mol. The second kappa shape index (κ2) is 7.90. The normalized spacial score (nSPS) is 14.3. The Bertz CT molecular complexity index is 1160. The standard InChI is InChI=1S/C24H28N2O5/c1-15-19-13-17(11-12-18(19)20(27)31-26-15)25-21(28)24(30,16-9-7-6-8-10-16)14-22(2,3)23(4,5)29/h6-13,29-30H,14H2,1-5H3,(H,25,28). The third-order valence-electron chi connectivity index (χ3n) is 6.13. The monoisotopic (exact) mass is 424 g/mol. The molecule has 0 aliphatic carbocycles. The molecule has 0 saturated heterocycles. The summed E-state index contributed by atoms with van der Waals surface area (Å²) in [6.07, 6.45) is -0.0168. The van der Waals surface area contributed by atoms with Crippen molar-refractivity contribution in [1.82, 2.24) is 5.16 Å². The van der Waals surface area contributed by atoms with Crippen molar-refractivity contribution >= 4 is 22.4 Å². The Morgan fingerprint density at radius 3 is 2.29 bits per heavy atom. The van der Waals surface area contributed by atoms with Gasteiger partial charge in [-0.25, -0.2) is 4.79 Å². The third kappa shape index (κ3) is 4.38. The highest BCUT2D eigenvalue weighted by Gasteiger charge is 2.47. The maximum absolute atomic E-state index is 13.4. The van der Waals surface area contributed by atoms with Crippen molar-refractivity contribution in [2.24, 2.45) is 5.41 Å². The Balaban J connectivity index is 2.02. The zero-order valence-corrected chi connectivity index (χ0v) is 18.4. The number of aliphatic hydroxyl groups is 2. The minimum Gasteiger partial charge on any atom is -0.390 e. The van der Waals surface area contributed by atoms with Crippen LogP contribution in [0.5, 0.6) is 0 Å². The van der Waals surface area contributed by atoms with E-state index >= 15 is 0 Å². The second-order valence-electron chi connectivity index (χ2n) is 9.12. The molecular weight excluding hydrogens is 396 g/mol. The van der Waals surface area contributed by atoms with Gasteiger partial charge in [-0.2, -0.15) is 0 Å². The van der Waals surface area contributed by atoms with Gasteiger partial charge in [0, 0.05) is 11.1 Å². The number of nitrogens with zero attached hydrogens (tertiary/aromatic N) is 1. The Morgan fingerprint density at radius 1 is 1.03 bits per heavy atom. The summed E-state index contributed by atoms with van der Waals surface area (Å²) >= 11 is 0. The Kier molecular flexibility index (Phi) is 5.78. The Hall–Kier alpha value is -3.03. The first-order chi connectivity index (χ1) is 14.3. The SMILES string of the molecule is Cc1noc(=O)c2ccc(NC(=O)C(O)(CC(C)(C)C(C)(C)O)c3ccccc3)cc12. The van der Waals surface area contributed by atoms with E-state index in [9.17, 15) is 19.8 Å². The molecule has 0 aliphatic heterocycles. The highest BCUT2D eigenvalue weighted by atomic mass is 16.5. The molecule has 1 amide bonds. The van der Waals surface area contributed by atoms with E-state index in [4.69, 9.17) is 4.52 Å². The zero-order chi connectivity index (χ0) is 23.0. The first-order valence-corrected chi connectivity index (χ1v) is 10.1. The fourth-order valence-electron chi connectivity index (χ4n) is 3.43.